The predicted molar refractivity (Wildman–Crippen MR) is 100 cm³/mol. The van der Waals surface area contributed by atoms with E-state index in [2.05, 4.69) is 5.32 Å². The summed E-state index contributed by atoms with van der Waals surface area (Å²) in [7, 11) is 5.35. The summed E-state index contributed by atoms with van der Waals surface area (Å²) in [5.41, 5.74) is 1.38. The van der Waals surface area contributed by atoms with Gasteiger partial charge in [-0.3, -0.25) is 0 Å². The minimum atomic E-state index is -0.865. The van der Waals surface area contributed by atoms with Crippen LogP contribution in [0.25, 0.3) is 0 Å². The van der Waals surface area contributed by atoms with Gasteiger partial charge in [0, 0.05) is 11.3 Å². The molecule has 0 unspecified atom stereocenters. The molecule has 0 fully saturated rings. The molecule has 9 nitrogen and oxygen atoms in total. The number of anilines is 1. The highest BCUT2D eigenvalue weighted by Crippen LogP contribution is 2.42. The second kappa shape index (κ2) is 8.09. The highest BCUT2D eigenvalue weighted by molar-refractivity contribution is 5.99. The quantitative estimate of drug-likeness (QED) is 0.577. The summed E-state index contributed by atoms with van der Waals surface area (Å²) in [5, 5.41) is 3.00. The van der Waals surface area contributed by atoms with Crippen LogP contribution in [0.1, 0.15) is 42.9 Å². The van der Waals surface area contributed by atoms with Crippen LogP contribution in [0.2, 0.25) is 0 Å². The van der Waals surface area contributed by atoms with Crippen LogP contribution in [0.15, 0.2) is 30.3 Å². The maximum absolute atomic E-state index is 12.4. The van der Waals surface area contributed by atoms with Crippen molar-refractivity contribution in [2.24, 2.45) is 0 Å². The van der Waals surface area contributed by atoms with Gasteiger partial charge >= 0.3 is 17.9 Å². The minimum absolute atomic E-state index is 0.134. The lowest BCUT2D eigenvalue weighted by Gasteiger charge is -2.16. The van der Waals surface area contributed by atoms with E-state index in [1.54, 1.807) is 12.1 Å². The SMILES string of the molecule is COC(=O)c1cc(N[C@@H]2OC(=O)c3c2ccc(OC)c3OC)cc(C(=O)OC)c1. The number of hydrogen-bond donors (Lipinski definition) is 1. The standard InChI is InChI=1S/C20H19NO8/c1-25-14-6-5-13-15(16(14)26-2)20(24)29-17(13)21-12-8-10(18(22)27-3)7-11(9-12)19(23)28-4/h5-9,17,21H,1-4H3/t17-/m1/s1. The fourth-order valence-electron chi connectivity index (χ4n) is 3.04. The Morgan fingerprint density at radius 1 is 0.931 bits per heavy atom. The van der Waals surface area contributed by atoms with Gasteiger partial charge in [-0.1, -0.05) is 0 Å². The summed E-state index contributed by atoms with van der Waals surface area (Å²) in [6.45, 7) is 0. The zero-order chi connectivity index (χ0) is 21.1. The maximum atomic E-state index is 12.4. The molecule has 1 N–H and O–H groups in total. The molecule has 0 aromatic heterocycles. The fraction of sp³-hybridized carbons (Fsp3) is 0.250. The number of carbonyl (C=O) groups is 3. The van der Waals surface area contributed by atoms with Gasteiger partial charge in [-0.2, -0.15) is 0 Å². The molecule has 1 atom stereocenters. The summed E-state index contributed by atoms with van der Waals surface area (Å²) in [6, 6.07) is 7.63. The van der Waals surface area contributed by atoms with E-state index in [4.69, 9.17) is 23.7 Å². The number of rotatable bonds is 6. The Hall–Kier alpha value is -3.75. The predicted octanol–water partition coefficient (Wildman–Crippen LogP) is 2.56. The van der Waals surface area contributed by atoms with Gasteiger partial charge in [0.25, 0.3) is 0 Å². The van der Waals surface area contributed by atoms with Crippen molar-refractivity contribution in [3.05, 3.63) is 52.6 Å². The van der Waals surface area contributed by atoms with Crippen molar-refractivity contribution >= 4 is 23.6 Å². The van der Waals surface area contributed by atoms with E-state index < -0.39 is 24.1 Å². The van der Waals surface area contributed by atoms with Crippen LogP contribution >= 0.6 is 0 Å². The van der Waals surface area contributed by atoms with Crippen molar-refractivity contribution in [3.8, 4) is 11.5 Å². The third kappa shape index (κ3) is 3.66. The molecule has 1 heterocycles. The lowest BCUT2D eigenvalue weighted by atomic mass is 10.1. The summed E-state index contributed by atoms with van der Waals surface area (Å²) in [4.78, 5) is 36.3. The van der Waals surface area contributed by atoms with Crippen LogP contribution in [-0.4, -0.2) is 46.3 Å². The summed E-state index contributed by atoms with van der Waals surface area (Å²) in [6.07, 6.45) is -0.865. The Bertz CT molecular complexity index is 950. The van der Waals surface area contributed by atoms with E-state index in [1.165, 1.54) is 46.6 Å². The molecule has 3 rings (SSSR count). The van der Waals surface area contributed by atoms with Crippen LogP contribution in [0.4, 0.5) is 5.69 Å². The van der Waals surface area contributed by atoms with Crippen molar-refractivity contribution in [2.45, 2.75) is 6.23 Å². The molecule has 2 aromatic rings. The number of ether oxygens (including phenoxy) is 5. The Labute approximate surface area is 166 Å². The third-order valence-electron chi connectivity index (χ3n) is 4.36. The lowest BCUT2D eigenvalue weighted by Crippen LogP contribution is -2.13. The molecule has 0 saturated carbocycles. The van der Waals surface area contributed by atoms with Gasteiger partial charge in [0.05, 0.1) is 39.6 Å². The first kappa shape index (κ1) is 20.0. The van der Waals surface area contributed by atoms with Crippen molar-refractivity contribution in [3.63, 3.8) is 0 Å². The molecule has 0 amide bonds. The van der Waals surface area contributed by atoms with Crippen molar-refractivity contribution in [1.82, 2.24) is 0 Å². The minimum Gasteiger partial charge on any atom is -0.493 e. The normalized spacial score (nSPS) is 14.5. The molecule has 0 spiro atoms. The van der Waals surface area contributed by atoms with Crippen molar-refractivity contribution in [1.29, 1.82) is 0 Å². The van der Waals surface area contributed by atoms with Crippen LogP contribution in [0.3, 0.4) is 0 Å². The van der Waals surface area contributed by atoms with Crippen molar-refractivity contribution < 1.29 is 38.1 Å². The summed E-state index contributed by atoms with van der Waals surface area (Å²) < 4.78 is 25.4. The van der Waals surface area contributed by atoms with E-state index in [0.717, 1.165) is 0 Å². The molecule has 9 heteroatoms. The van der Waals surface area contributed by atoms with E-state index in [9.17, 15) is 14.4 Å². The van der Waals surface area contributed by atoms with Gasteiger partial charge in [-0.05, 0) is 30.3 Å². The molecule has 0 bridgehead atoms. The maximum Gasteiger partial charge on any atom is 0.344 e. The first-order chi connectivity index (χ1) is 13.9. The van der Waals surface area contributed by atoms with Crippen LogP contribution in [0, 0.1) is 0 Å². The van der Waals surface area contributed by atoms with Gasteiger partial charge in [0.15, 0.2) is 11.5 Å². The molecule has 1 aliphatic rings. The van der Waals surface area contributed by atoms with Gasteiger partial charge in [-0.25, -0.2) is 14.4 Å². The number of benzene rings is 2. The molecule has 0 saturated heterocycles. The molecule has 152 valence electrons. The second-order valence-electron chi connectivity index (χ2n) is 5.98. The zero-order valence-corrected chi connectivity index (χ0v) is 16.2. The highest BCUT2D eigenvalue weighted by atomic mass is 16.6. The zero-order valence-electron chi connectivity index (χ0n) is 16.2. The number of methoxy groups -OCH3 is 4. The van der Waals surface area contributed by atoms with Crippen LogP contribution in [-0.2, 0) is 14.2 Å². The largest absolute Gasteiger partial charge is 0.493 e. The van der Waals surface area contributed by atoms with Gasteiger partial charge < -0.3 is 29.0 Å². The topological polar surface area (TPSA) is 109 Å². The van der Waals surface area contributed by atoms with E-state index in [0.29, 0.717) is 17.0 Å². The number of hydrogen-bond acceptors (Lipinski definition) is 9. The molecule has 1 aliphatic heterocycles. The van der Waals surface area contributed by atoms with Crippen LogP contribution in [0.5, 0.6) is 11.5 Å². The molecule has 2 aromatic carbocycles. The van der Waals surface area contributed by atoms with Gasteiger partial charge in [-0.15, -0.1) is 0 Å². The fourth-order valence-corrected chi connectivity index (χ4v) is 3.04. The number of nitrogens with one attached hydrogen (secondary N) is 1. The average molecular weight is 401 g/mol. The highest BCUT2D eigenvalue weighted by Gasteiger charge is 2.36. The molecule has 0 aliphatic carbocycles. The molecular formula is C20H19NO8. The Kier molecular flexibility index (Phi) is 5.58. The number of carbonyl (C=O) groups excluding carboxylic acids is 3. The van der Waals surface area contributed by atoms with Gasteiger partial charge in [0.2, 0.25) is 6.23 Å². The molecule has 29 heavy (non-hydrogen) atoms. The van der Waals surface area contributed by atoms with Crippen molar-refractivity contribution in [2.75, 3.05) is 33.8 Å². The van der Waals surface area contributed by atoms with Gasteiger partial charge in [0.1, 0.15) is 5.56 Å². The second-order valence-corrected chi connectivity index (χ2v) is 5.98. The van der Waals surface area contributed by atoms with Crippen LogP contribution < -0.4 is 14.8 Å². The average Bonchev–Trinajstić information content (AvgIpc) is 3.06. The molecule has 0 radical (unpaired) electrons. The number of cyclic esters (lactones) is 1. The first-order valence-electron chi connectivity index (χ1n) is 8.47. The Balaban J connectivity index is 2.01. The number of esters is 3. The number of fused-ring (bicyclic) bond motifs is 1. The Morgan fingerprint density at radius 2 is 1.55 bits per heavy atom. The van der Waals surface area contributed by atoms with E-state index in [-0.39, 0.29) is 22.4 Å². The summed E-state index contributed by atoms with van der Waals surface area (Å²) in [5.74, 6) is -1.20. The molecular weight excluding hydrogens is 382 g/mol. The van der Waals surface area contributed by atoms with E-state index in [1.807, 2.05) is 0 Å². The monoisotopic (exact) mass is 401 g/mol. The lowest BCUT2D eigenvalue weighted by molar-refractivity contribution is 0.0433. The Morgan fingerprint density at radius 3 is 2.07 bits per heavy atom. The third-order valence-corrected chi connectivity index (χ3v) is 4.36. The smallest absolute Gasteiger partial charge is 0.344 e. The first-order valence-corrected chi connectivity index (χ1v) is 8.47. The van der Waals surface area contributed by atoms with E-state index >= 15 is 0 Å². The summed E-state index contributed by atoms with van der Waals surface area (Å²) >= 11 is 0.